The van der Waals surface area contributed by atoms with Crippen LogP contribution in [0.2, 0.25) is 0 Å². The van der Waals surface area contributed by atoms with Crippen LogP contribution in [-0.4, -0.2) is 85.0 Å². The molecule has 2 amide bonds. The summed E-state index contributed by atoms with van der Waals surface area (Å²) < 4.78 is 5.43. The molecule has 1 aromatic rings. The zero-order valence-corrected chi connectivity index (χ0v) is 15.5. The average Bonchev–Trinajstić information content (AvgIpc) is 2.67. The first kappa shape index (κ1) is 19.3. The Kier molecular flexibility index (Phi) is 6.08. The third-order valence-electron chi connectivity index (χ3n) is 5.00. The van der Waals surface area contributed by atoms with Gasteiger partial charge in [-0.2, -0.15) is 0 Å². The SMILES string of the molecule is CC(=O)c1ccc2c(c1)N(CCC(=O)N1CCN(CCO)CC1)C(=O)CO2. The summed E-state index contributed by atoms with van der Waals surface area (Å²) in [6.07, 6.45) is 0.218. The highest BCUT2D eigenvalue weighted by atomic mass is 16.5. The Morgan fingerprint density at radius 2 is 1.89 bits per heavy atom. The van der Waals surface area contributed by atoms with Crippen LogP contribution in [0.15, 0.2) is 18.2 Å². The van der Waals surface area contributed by atoms with E-state index in [1.807, 2.05) is 0 Å². The average molecular weight is 375 g/mol. The predicted octanol–water partition coefficient (Wildman–Crippen LogP) is 0.141. The molecule has 2 aliphatic rings. The molecule has 1 saturated heterocycles. The quantitative estimate of drug-likeness (QED) is 0.712. The largest absolute Gasteiger partial charge is 0.482 e. The van der Waals surface area contributed by atoms with Crippen molar-refractivity contribution >= 4 is 23.3 Å². The molecule has 0 saturated carbocycles. The summed E-state index contributed by atoms with van der Waals surface area (Å²) in [5, 5.41) is 8.99. The number of ether oxygens (including phenoxy) is 1. The van der Waals surface area contributed by atoms with Gasteiger partial charge in [0.1, 0.15) is 5.75 Å². The van der Waals surface area contributed by atoms with Gasteiger partial charge in [-0.15, -0.1) is 0 Å². The Hall–Kier alpha value is -2.45. The Morgan fingerprint density at radius 3 is 2.56 bits per heavy atom. The fourth-order valence-electron chi connectivity index (χ4n) is 3.39. The monoisotopic (exact) mass is 375 g/mol. The molecular formula is C19H25N3O5. The predicted molar refractivity (Wildman–Crippen MR) is 99.0 cm³/mol. The lowest BCUT2D eigenvalue weighted by atomic mass is 10.1. The molecule has 0 atom stereocenters. The molecule has 0 aromatic heterocycles. The number of hydrogen-bond acceptors (Lipinski definition) is 6. The van der Waals surface area contributed by atoms with E-state index in [-0.39, 0.29) is 43.8 Å². The van der Waals surface area contributed by atoms with Gasteiger partial charge in [-0.1, -0.05) is 0 Å². The van der Waals surface area contributed by atoms with Crippen LogP contribution in [0.3, 0.4) is 0 Å². The van der Waals surface area contributed by atoms with Crippen molar-refractivity contribution in [3.8, 4) is 5.75 Å². The van der Waals surface area contributed by atoms with Gasteiger partial charge in [0.05, 0.1) is 12.3 Å². The van der Waals surface area contributed by atoms with Crippen LogP contribution in [-0.2, 0) is 9.59 Å². The molecule has 27 heavy (non-hydrogen) atoms. The van der Waals surface area contributed by atoms with Crippen LogP contribution < -0.4 is 9.64 Å². The summed E-state index contributed by atoms with van der Waals surface area (Å²) in [5.41, 5.74) is 1.04. The van der Waals surface area contributed by atoms with Gasteiger partial charge in [-0.25, -0.2) is 0 Å². The van der Waals surface area contributed by atoms with Crippen LogP contribution in [0.4, 0.5) is 5.69 Å². The number of carbonyl (C=O) groups is 3. The number of aliphatic hydroxyl groups is 1. The van der Waals surface area contributed by atoms with Gasteiger partial charge in [-0.3, -0.25) is 19.3 Å². The third-order valence-corrected chi connectivity index (χ3v) is 5.00. The van der Waals surface area contributed by atoms with Crippen LogP contribution in [0, 0.1) is 0 Å². The van der Waals surface area contributed by atoms with Gasteiger partial charge in [0.2, 0.25) is 5.91 Å². The number of anilines is 1. The maximum absolute atomic E-state index is 12.5. The number of rotatable bonds is 6. The first-order valence-electron chi connectivity index (χ1n) is 9.18. The van der Waals surface area contributed by atoms with Gasteiger partial charge < -0.3 is 19.6 Å². The van der Waals surface area contributed by atoms with Crippen LogP contribution >= 0.6 is 0 Å². The second kappa shape index (κ2) is 8.49. The molecule has 1 N–H and O–H groups in total. The second-order valence-electron chi connectivity index (χ2n) is 6.77. The summed E-state index contributed by atoms with van der Waals surface area (Å²) in [4.78, 5) is 41.9. The lowest BCUT2D eigenvalue weighted by molar-refractivity contribution is -0.132. The molecule has 146 valence electrons. The van der Waals surface area contributed by atoms with Gasteiger partial charge in [0.15, 0.2) is 12.4 Å². The first-order chi connectivity index (χ1) is 13.0. The second-order valence-corrected chi connectivity index (χ2v) is 6.77. The van der Waals surface area contributed by atoms with Crippen LogP contribution in [0.5, 0.6) is 5.75 Å². The molecule has 0 spiro atoms. The van der Waals surface area contributed by atoms with Crippen molar-refractivity contribution in [3.05, 3.63) is 23.8 Å². The molecule has 0 unspecified atom stereocenters. The van der Waals surface area contributed by atoms with Gasteiger partial charge in [0, 0.05) is 51.3 Å². The normalized spacial score (nSPS) is 17.5. The fraction of sp³-hybridized carbons (Fsp3) is 0.526. The molecule has 8 nitrogen and oxygen atoms in total. The highest BCUT2D eigenvalue weighted by molar-refractivity contribution is 6.01. The molecule has 2 aliphatic heterocycles. The number of piperazine rings is 1. The molecule has 0 bridgehead atoms. The molecule has 0 aliphatic carbocycles. The van der Waals surface area contributed by atoms with E-state index in [2.05, 4.69) is 4.90 Å². The number of ketones is 1. The van der Waals surface area contributed by atoms with Gasteiger partial charge in [-0.05, 0) is 25.1 Å². The smallest absolute Gasteiger partial charge is 0.265 e. The number of amides is 2. The molecule has 1 aromatic carbocycles. The zero-order chi connectivity index (χ0) is 19.4. The van der Waals surface area contributed by atoms with Crippen LogP contribution in [0.1, 0.15) is 23.7 Å². The molecule has 0 radical (unpaired) electrons. The minimum Gasteiger partial charge on any atom is -0.482 e. The number of carbonyl (C=O) groups excluding carboxylic acids is 3. The molecule has 8 heteroatoms. The number of Topliss-reactive ketones (excluding diaryl/α,β-unsaturated/α-hetero) is 1. The molecule has 2 heterocycles. The number of aliphatic hydroxyl groups excluding tert-OH is 1. The summed E-state index contributed by atoms with van der Waals surface area (Å²) in [6, 6.07) is 5.01. The van der Waals surface area contributed by atoms with Crippen molar-refractivity contribution in [2.75, 3.05) is 57.4 Å². The van der Waals surface area contributed by atoms with Gasteiger partial charge in [0.25, 0.3) is 5.91 Å². The number of benzene rings is 1. The standard InChI is InChI=1S/C19H25N3O5/c1-14(24)15-2-3-17-16(12-15)22(19(26)13-27-17)5-4-18(25)21-8-6-20(7-9-21)10-11-23/h2-3,12,23H,4-11,13H2,1H3. The molecular weight excluding hydrogens is 350 g/mol. The summed E-state index contributed by atoms with van der Waals surface area (Å²) in [5.74, 6) is 0.239. The minimum absolute atomic E-state index is 0.00205. The van der Waals surface area contributed by atoms with E-state index in [1.165, 1.54) is 11.8 Å². The van der Waals surface area contributed by atoms with Crippen LogP contribution in [0.25, 0.3) is 0 Å². The van der Waals surface area contributed by atoms with Gasteiger partial charge >= 0.3 is 0 Å². The topological polar surface area (TPSA) is 90.4 Å². The van der Waals surface area contributed by atoms with E-state index in [1.54, 1.807) is 23.1 Å². The van der Waals surface area contributed by atoms with Crippen molar-refractivity contribution in [1.29, 1.82) is 0 Å². The van der Waals surface area contributed by atoms with Crippen molar-refractivity contribution in [2.24, 2.45) is 0 Å². The molecule has 1 fully saturated rings. The Balaban J connectivity index is 1.62. The van der Waals surface area contributed by atoms with Crippen molar-refractivity contribution in [2.45, 2.75) is 13.3 Å². The summed E-state index contributed by atoms with van der Waals surface area (Å²) >= 11 is 0. The van der Waals surface area contributed by atoms with E-state index < -0.39 is 0 Å². The van der Waals surface area contributed by atoms with E-state index in [4.69, 9.17) is 9.84 Å². The maximum Gasteiger partial charge on any atom is 0.265 e. The highest BCUT2D eigenvalue weighted by Crippen LogP contribution is 2.33. The van der Waals surface area contributed by atoms with E-state index in [0.29, 0.717) is 36.6 Å². The highest BCUT2D eigenvalue weighted by Gasteiger charge is 2.28. The fourth-order valence-corrected chi connectivity index (χ4v) is 3.39. The Morgan fingerprint density at radius 1 is 1.15 bits per heavy atom. The number of β-amino-alcohol motifs (C(OH)–C–C–N with tert-alkyl or cyclic N) is 1. The third kappa shape index (κ3) is 4.45. The lowest BCUT2D eigenvalue weighted by Gasteiger charge is -2.35. The molecule has 3 rings (SSSR count). The minimum atomic E-state index is -0.219. The van der Waals surface area contributed by atoms with E-state index in [9.17, 15) is 14.4 Å². The Bertz CT molecular complexity index is 728. The van der Waals surface area contributed by atoms with Crippen molar-refractivity contribution in [1.82, 2.24) is 9.80 Å². The zero-order valence-electron chi connectivity index (χ0n) is 15.5. The van der Waals surface area contributed by atoms with Crippen molar-refractivity contribution in [3.63, 3.8) is 0 Å². The first-order valence-corrected chi connectivity index (χ1v) is 9.18. The maximum atomic E-state index is 12.5. The van der Waals surface area contributed by atoms with E-state index in [0.717, 1.165) is 13.1 Å². The summed E-state index contributed by atoms with van der Waals surface area (Å²) in [6.45, 7) is 5.14. The summed E-state index contributed by atoms with van der Waals surface area (Å²) in [7, 11) is 0. The lowest BCUT2D eigenvalue weighted by Crippen LogP contribution is -2.50. The Labute approximate surface area is 158 Å². The number of nitrogens with zero attached hydrogens (tertiary/aromatic N) is 3. The number of fused-ring (bicyclic) bond motifs is 1. The van der Waals surface area contributed by atoms with Crippen molar-refractivity contribution < 1.29 is 24.2 Å². The number of hydrogen-bond donors (Lipinski definition) is 1. The van der Waals surface area contributed by atoms with E-state index >= 15 is 0 Å².